The van der Waals surface area contributed by atoms with E-state index in [-0.39, 0.29) is 23.9 Å². The van der Waals surface area contributed by atoms with Crippen molar-refractivity contribution in [2.75, 3.05) is 46.4 Å². The van der Waals surface area contributed by atoms with Gasteiger partial charge in [0, 0.05) is 57.3 Å². The first kappa shape index (κ1) is 27.1. The highest BCUT2D eigenvalue weighted by Gasteiger charge is 2.28. The van der Waals surface area contributed by atoms with Crippen LogP contribution >= 0.6 is 0 Å². The lowest BCUT2D eigenvalue weighted by molar-refractivity contribution is -0.136. The number of H-pyrrole nitrogens is 1. The number of carbonyl (C=O) groups excluding carboxylic acids is 1. The number of hydrogen-bond acceptors (Lipinski definition) is 5. The molecule has 11 heteroatoms. The lowest BCUT2D eigenvalue weighted by Gasteiger charge is -2.35. The Morgan fingerprint density at radius 2 is 1.92 bits per heavy atom. The number of pyridine rings is 1. The van der Waals surface area contributed by atoms with Gasteiger partial charge in [0.15, 0.2) is 0 Å². The third kappa shape index (κ3) is 5.98. The van der Waals surface area contributed by atoms with Crippen LogP contribution in [0.1, 0.15) is 54.6 Å². The quantitative estimate of drug-likeness (QED) is 0.455. The van der Waals surface area contributed by atoms with Crippen molar-refractivity contribution in [2.45, 2.75) is 51.7 Å². The zero-order valence-electron chi connectivity index (χ0n) is 21.5. The Balaban J connectivity index is 1.60. The molecule has 8 nitrogen and oxygen atoms in total. The number of amides is 1. The van der Waals surface area contributed by atoms with E-state index in [4.69, 9.17) is 4.74 Å². The van der Waals surface area contributed by atoms with Crippen LogP contribution in [0.3, 0.4) is 0 Å². The van der Waals surface area contributed by atoms with Crippen molar-refractivity contribution in [3.8, 4) is 0 Å². The van der Waals surface area contributed by atoms with Crippen molar-refractivity contribution in [3.63, 3.8) is 0 Å². The number of benzene rings is 1. The van der Waals surface area contributed by atoms with Crippen molar-refractivity contribution < 1.29 is 22.7 Å². The number of nitrogens with zero attached hydrogens (tertiary/aromatic N) is 4. The minimum absolute atomic E-state index is 0.0355. The molecule has 3 aromatic rings. The molecule has 0 bridgehead atoms. The molecule has 1 aromatic carbocycles. The molecule has 4 rings (SSSR count). The number of methoxy groups -OCH3 is 1. The van der Waals surface area contributed by atoms with Crippen LogP contribution in [0, 0.1) is 6.92 Å². The number of hydrogen-bond donors (Lipinski definition) is 1. The van der Waals surface area contributed by atoms with E-state index in [1.807, 2.05) is 28.6 Å². The van der Waals surface area contributed by atoms with Gasteiger partial charge < -0.3 is 14.6 Å². The predicted octanol–water partition coefficient (Wildman–Crippen LogP) is 4.27. The van der Waals surface area contributed by atoms with Gasteiger partial charge in [-0.1, -0.05) is 6.92 Å². The van der Waals surface area contributed by atoms with E-state index in [9.17, 15) is 22.8 Å². The summed E-state index contributed by atoms with van der Waals surface area (Å²) in [6.07, 6.45) is -1.76. The summed E-state index contributed by atoms with van der Waals surface area (Å²) in [5, 5.41) is 5.76. The SMILES string of the molecule is CCC(CCOC)n1ncc2c(=O)[nH]c3cc(C)c(C(=O)N4CCN(CCCC(F)(F)F)CC4)cc3c21. The first-order valence-corrected chi connectivity index (χ1v) is 12.7. The van der Waals surface area contributed by atoms with Crippen LogP contribution < -0.4 is 5.56 Å². The average Bonchev–Trinajstić information content (AvgIpc) is 3.29. The molecule has 0 radical (unpaired) electrons. The molecule has 1 N–H and O–H groups in total. The van der Waals surface area contributed by atoms with Crippen LogP contribution in [0.5, 0.6) is 0 Å². The lowest BCUT2D eigenvalue weighted by atomic mass is 10.0. The summed E-state index contributed by atoms with van der Waals surface area (Å²) >= 11 is 0. The fourth-order valence-corrected chi connectivity index (χ4v) is 5.10. The minimum Gasteiger partial charge on any atom is -0.385 e. The van der Waals surface area contributed by atoms with Crippen molar-refractivity contribution in [1.82, 2.24) is 24.6 Å². The van der Waals surface area contributed by atoms with Gasteiger partial charge in [-0.15, -0.1) is 0 Å². The normalized spacial score (nSPS) is 16.1. The molecule has 1 fully saturated rings. The van der Waals surface area contributed by atoms with E-state index in [0.29, 0.717) is 61.3 Å². The predicted molar refractivity (Wildman–Crippen MR) is 136 cm³/mol. The summed E-state index contributed by atoms with van der Waals surface area (Å²) in [6.45, 7) is 6.82. The van der Waals surface area contributed by atoms with E-state index >= 15 is 0 Å². The molecule has 1 aliphatic heterocycles. The molecule has 202 valence electrons. The van der Waals surface area contributed by atoms with E-state index < -0.39 is 12.6 Å². The van der Waals surface area contributed by atoms with Gasteiger partial charge in [0.2, 0.25) is 0 Å². The average molecular weight is 522 g/mol. The molecule has 2 aromatic heterocycles. The second kappa shape index (κ2) is 11.2. The monoisotopic (exact) mass is 521 g/mol. The topological polar surface area (TPSA) is 83.5 Å². The lowest BCUT2D eigenvalue weighted by Crippen LogP contribution is -2.49. The summed E-state index contributed by atoms with van der Waals surface area (Å²) in [6, 6.07) is 3.69. The number of nitrogens with one attached hydrogen (secondary N) is 1. The Morgan fingerprint density at radius 3 is 2.57 bits per heavy atom. The standard InChI is InChI=1S/C26H34F3N5O3/c1-4-18(6-13-37-3)34-23-20-15-19(17(2)14-22(20)31-24(35)21(23)16-30-34)25(36)33-11-9-32(10-12-33)8-5-7-26(27,28)29/h14-16,18H,4-13H2,1-3H3,(H,31,35). The largest absolute Gasteiger partial charge is 0.389 e. The summed E-state index contributed by atoms with van der Waals surface area (Å²) < 4.78 is 44.5. The highest BCUT2D eigenvalue weighted by Crippen LogP contribution is 2.29. The molecule has 0 saturated carbocycles. The number of carbonyl (C=O) groups is 1. The summed E-state index contributed by atoms with van der Waals surface area (Å²) in [5.41, 5.74) is 2.41. The minimum atomic E-state index is -4.14. The number of rotatable bonds is 9. The molecule has 1 amide bonds. The van der Waals surface area contributed by atoms with Gasteiger partial charge in [0.05, 0.1) is 28.7 Å². The molecule has 1 atom stereocenters. The van der Waals surface area contributed by atoms with Gasteiger partial charge in [-0.3, -0.25) is 19.2 Å². The van der Waals surface area contributed by atoms with Crippen LogP contribution in [0.4, 0.5) is 13.2 Å². The zero-order valence-corrected chi connectivity index (χ0v) is 21.5. The zero-order chi connectivity index (χ0) is 26.7. The number of aromatic nitrogens is 3. The fourth-order valence-electron chi connectivity index (χ4n) is 5.10. The molecule has 0 spiro atoms. The maximum atomic E-state index is 13.5. The number of aryl methyl sites for hydroxylation is 1. The van der Waals surface area contributed by atoms with Crippen LogP contribution in [-0.4, -0.2) is 83.1 Å². The Labute approximate surface area is 213 Å². The van der Waals surface area contributed by atoms with Crippen molar-refractivity contribution in [1.29, 1.82) is 0 Å². The van der Waals surface area contributed by atoms with Crippen LogP contribution in [0.15, 0.2) is 23.1 Å². The van der Waals surface area contributed by atoms with Gasteiger partial charge in [0.1, 0.15) is 0 Å². The highest BCUT2D eigenvalue weighted by molar-refractivity contribution is 6.07. The van der Waals surface area contributed by atoms with Gasteiger partial charge in [-0.2, -0.15) is 18.3 Å². The Morgan fingerprint density at radius 1 is 1.19 bits per heavy atom. The molecule has 1 unspecified atom stereocenters. The van der Waals surface area contributed by atoms with Crippen molar-refractivity contribution in [2.24, 2.45) is 0 Å². The van der Waals surface area contributed by atoms with Gasteiger partial charge >= 0.3 is 6.18 Å². The number of piperazine rings is 1. The second-order valence-corrected chi connectivity index (χ2v) is 9.71. The van der Waals surface area contributed by atoms with E-state index in [2.05, 4.69) is 17.0 Å². The molecule has 1 saturated heterocycles. The maximum absolute atomic E-state index is 13.5. The first-order valence-electron chi connectivity index (χ1n) is 12.7. The Kier molecular flexibility index (Phi) is 8.23. The summed E-state index contributed by atoms with van der Waals surface area (Å²) in [4.78, 5) is 33.0. The smallest absolute Gasteiger partial charge is 0.385 e. The molecular formula is C26H34F3N5O3. The third-order valence-electron chi connectivity index (χ3n) is 7.20. The molecule has 1 aliphatic rings. The highest BCUT2D eigenvalue weighted by atomic mass is 19.4. The van der Waals surface area contributed by atoms with E-state index in [0.717, 1.165) is 23.8 Å². The molecule has 37 heavy (non-hydrogen) atoms. The number of alkyl halides is 3. The van der Waals surface area contributed by atoms with E-state index in [1.165, 1.54) is 0 Å². The molecular weight excluding hydrogens is 487 g/mol. The van der Waals surface area contributed by atoms with Gasteiger partial charge in [-0.25, -0.2) is 0 Å². The number of aromatic amines is 1. The number of ether oxygens (including phenoxy) is 1. The molecule has 3 heterocycles. The fraction of sp³-hybridized carbons (Fsp3) is 0.577. The first-order chi connectivity index (χ1) is 17.6. The maximum Gasteiger partial charge on any atom is 0.389 e. The number of halogens is 3. The van der Waals surface area contributed by atoms with Crippen molar-refractivity contribution >= 4 is 27.7 Å². The number of fused-ring (bicyclic) bond motifs is 3. The van der Waals surface area contributed by atoms with Crippen LogP contribution in [0.25, 0.3) is 21.8 Å². The second-order valence-electron chi connectivity index (χ2n) is 9.71. The third-order valence-corrected chi connectivity index (χ3v) is 7.20. The van der Waals surface area contributed by atoms with Gasteiger partial charge in [0.25, 0.3) is 11.5 Å². The van der Waals surface area contributed by atoms with Crippen LogP contribution in [0.2, 0.25) is 0 Å². The Bertz CT molecular complexity index is 1310. The summed E-state index contributed by atoms with van der Waals surface area (Å²) in [5.74, 6) is -0.119. The summed E-state index contributed by atoms with van der Waals surface area (Å²) in [7, 11) is 1.65. The molecule has 0 aliphatic carbocycles. The van der Waals surface area contributed by atoms with Crippen molar-refractivity contribution in [3.05, 3.63) is 39.8 Å². The Hall–Kier alpha value is -2.92. The van der Waals surface area contributed by atoms with E-state index in [1.54, 1.807) is 18.2 Å². The van der Waals surface area contributed by atoms with Gasteiger partial charge in [-0.05, 0) is 50.4 Å². The van der Waals surface area contributed by atoms with Crippen LogP contribution in [-0.2, 0) is 4.74 Å².